The first kappa shape index (κ1) is 90.9. The Hall–Kier alpha value is -2.58. The molecule has 0 atom stereocenters. The largest absolute Gasteiger partial charge is 0.325 e. The highest BCUT2D eigenvalue weighted by molar-refractivity contribution is 5.75. The Labute approximate surface area is 491 Å². The first-order valence-corrected chi connectivity index (χ1v) is 31.9. The van der Waals surface area contributed by atoms with Gasteiger partial charge in [0.2, 0.25) is 0 Å². The SMILES string of the molecule is C.C=CC.C=[N+](C)CCC.CCC=[N+](CCC)CCC.CCCN(CCC)CCC.CCC[N+](C)(C)Cc1ccccc1.CCC[N+](CCC)(CCC)CCC.CCC[N+](CCC)(CCC)CCC.Cc1ccccc1.[B]. The molecule has 0 saturated carbocycles. The second-order valence-electron chi connectivity index (χ2n) is 21.9. The zero-order valence-electron chi connectivity index (χ0n) is 56.2. The summed E-state index contributed by atoms with van der Waals surface area (Å²) in [4.78, 5) is 2.54. The van der Waals surface area contributed by atoms with Gasteiger partial charge in [-0.15, -0.1) is 6.58 Å². The van der Waals surface area contributed by atoms with E-state index < -0.39 is 0 Å². The van der Waals surface area contributed by atoms with Crippen molar-refractivity contribution in [2.75, 3.05) is 119 Å². The van der Waals surface area contributed by atoms with Crippen LogP contribution in [0, 0.1) is 6.92 Å². The second kappa shape index (κ2) is 69.5. The lowest BCUT2D eigenvalue weighted by Gasteiger charge is -2.38. The summed E-state index contributed by atoms with van der Waals surface area (Å²) in [5, 5.41) is 0. The number of nitrogens with zero attached hydrogens (tertiary/aromatic N) is 6. The van der Waals surface area contributed by atoms with Crippen LogP contribution in [0.1, 0.15) is 239 Å². The van der Waals surface area contributed by atoms with E-state index in [1.807, 2.05) is 36.7 Å². The molecule has 2 aromatic rings. The summed E-state index contributed by atoms with van der Waals surface area (Å²) in [5.74, 6) is 0. The fraction of sp³-hybridized carbons (Fsp3) is 0.771. The molecule has 6 nitrogen and oxygen atoms in total. The van der Waals surface area contributed by atoms with Gasteiger partial charge in [-0.1, -0.05) is 191 Å². The van der Waals surface area contributed by atoms with Crippen LogP contribution >= 0.6 is 0 Å². The number of rotatable bonds is 33. The lowest BCUT2D eigenvalue weighted by molar-refractivity contribution is -0.928. The smallest absolute Gasteiger partial charge is 0.142 e. The Bertz CT molecular complexity index is 1300. The molecule has 455 valence electrons. The molecule has 0 spiro atoms. The van der Waals surface area contributed by atoms with E-state index in [2.05, 4.69) is 203 Å². The quantitative estimate of drug-likeness (QED) is 0.0228. The molecule has 0 unspecified atom stereocenters. The van der Waals surface area contributed by atoms with Crippen LogP contribution in [0.25, 0.3) is 0 Å². The first-order chi connectivity index (χ1) is 35.9. The van der Waals surface area contributed by atoms with Crippen LogP contribution < -0.4 is 0 Å². The van der Waals surface area contributed by atoms with Crippen molar-refractivity contribution in [1.29, 1.82) is 0 Å². The van der Waals surface area contributed by atoms with Crippen LogP contribution in [0.15, 0.2) is 73.3 Å². The molecule has 0 aliphatic rings. The van der Waals surface area contributed by atoms with Crippen molar-refractivity contribution in [1.82, 2.24) is 4.90 Å². The molecular formula is C70H147BN6+5. The lowest BCUT2D eigenvalue weighted by Crippen LogP contribution is -2.50. The molecule has 7 heteroatoms. The number of aryl methyl sites for hydroxylation is 1. The minimum Gasteiger partial charge on any atom is -0.325 e. The molecule has 0 aliphatic carbocycles. The standard InChI is InChI=1S/C12H20N.2C12H28N.C9H21N.C9H20N.C7H8.C5H12N.C3H6.CH4.B/c1-4-10-13(2,3)11-12-8-6-5-7-9-12;2*1-5-9-13(10-6-2,11-7-3)12-8-4;2*1-4-7-10(8-5-2)9-6-3;1-7-5-3-2-4-6-7;1-4-5-6(2)3;1-3-2;;/h5-9H,4,10-11H2,1-3H3;2*5-12H2,1-4H3;4-9H2,1-3H3;7H,4-6,8-9H2,1-3H3;2-6H,1H3;2,4-5H2,1,3H3;3H,1H2,2H3;1H4;/q3*+1;;+1;;+1;;;. The van der Waals surface area contributed by atoms with Gasteiger partial charge in [-0.05, 0) is 111 Å². The van der Waals surface area contributed by atoms with Gasteiger partial charge in [-0.3, -0.25) is 0 Å². The van der Waals surface area contributed by atoms with E-state index in [9.17, 15) is 0 Å². The summed E-state index contributed by atoms with van der Waals surface area (Å²) < 4.78 is 8.18. The van der Waals surface area contributed by atoms with Gasteiger partial charge in [0.15, 0.2) is 0 Å². The number of hydrogen-bond acceptors (Lipinski definition) is 1. The monoisotopic (exact) mass is 1080 g/mol. The van der Waals surface area contributed by atoms with Gasteiger partial charge in [0.05, 0.1) is 73.0 Å². The summed E-state index contributed by atoms with van der Waals surface area (Å²) in [7, 11) is 6.55. The Morgan fingerprint density at radius 3 is 0.935 bits per heavy atom. The zero-order valence-corrected chi connectivity index (χ0v) is 56.2. The number of quaternary nitrogens is 3. The van der Waals surface area contributed by atoms with Gasteiger partial charge >= 0.3 is 0 Å². The third-order valence-electron chi connectivity index (χ3n) is 12.5. The second-order valence-corrected chi connectivity index (χ2v) is 21.9. The van der Waals surface area contributed by atoms with Crippen LogP contribution in [-0.4, -0.2) is 168 Å². The molecule has 0 amide bonds. The highest BCUT2D eigenvalue weighted by Gasteiger charge is 2.24. The van der Waals surface area contributed by atoms with Gasteiger partial charge < -0.3 is 18.3 Å². The molecule has 0 aliphatic heterocycles. The molecule has 2 aromatic carbocycles. The average molecular weight is 1080 g/mol. The van der Waals surface area contributed by atoms with Crippen LogP contribution in [0.2, 0.25) is 0 Å². The molecular weight excluding hydrogens is 936 g/mol. The summed E-state index contributed by atoms with van der Waals surface area (Å²) in [5.41, 5.74) is 2.75. The van der Waals surface area contributed by atoms with Gasteiger partial charge in [0, 0.05) is 39.7 Å². The molecule has 0 heterocycles. The maximum atomic E-state index is 3.66. The average Bonchev–Trinajstić information content (AvgIpc) is 3.35. The number of hydrogen-bond donors (Lipinski definition) is 0. The summed E-state index contributed by atoms with van der Waals surface area (Å²) in [6.45, 7) is 68.1. The minimum atomic E-state index is 0. The van der Waals surface area contributed by atoms with Crippen molar-refractivity contribution >= 4 is 21.3 Å². The third-order valence-corrected chi connectivity index (χ3v) is 12.5. The van der Waals surface area contributed by atoms with Crippen molar-refractivity contribution in [3.05, 3.63) is 84.4 Å². The molecule has 0 N–H and O–H groups in total. The number of benzene rings is 2. The maximum absolute atomic E-state index is 3.66. The highest BCUT2D eigenvalue weighted by Crippen LogP contribution is 2.14. The normalized spacial score (nSPS) is 10.3. The van der Waals surface area contributed by atoms with Gasteiger partial charge in [0.25, 0.3) is 0 Å². The predicted octanol–water partition coefficient (Wildman–Crippen LogP) is 18.6. The molecule has 2 rings (SSSR count). The van der Waals surface area contributed by atoms with E-state index in [1.165, 1.54) is 214 Å². The maximum Gasteiger partial charge on any atom is 0.142 e. The van der Waals surface area contributed by atoms with Crippen molar-refractivity contribution in [3.63, 3.8) is 0 Å². The van der Waals surface area contributed by atoms with Crippen molar-refractivity contribution in [3.8, 4) is 0 Å². The Morgan fingerprint density at radius 2 is 0.740 bits per heavy atom. The van der Waals surface area contributed by atoms with E-state index in [0.717, 1.165) is 17.6 Å². The minimum absolute atomic E-state index is 0. The molecule has 0 bridgehead atoms. The van der Waals surface area contributed by atoms with Crippen LogP contribution in [-0.2, 0) is 6.54 Å². The van der Waals surface area contributed by atoms with Gasteiger partial charge in [-0.2, -0.15) is 0 Å². The van der Waals surface area contributed by atoms with E-state index in [1.54, 1.807) is 6.08 Å². The fourth-order valence-corrected chi connectivity index (χ4v) is 10.2. The van der Waals surface area contributed by atoms with E-state index >= 15 is 0 Å². The molecule has 0 saturated heterocycles. The fourth-order valence-electron chi connectivity index (χ4n) is 10.2. The van der Waals surface area contributed by atoms with Crippen LogP contribution in [0.5, 0.6) is 0 Å². The molecule has 0 aromatic heterocycles. The van der Waals surface area contributed by atoms with Gasteiger partial charge in [-0.25, -0.2) is 9.15 Å². The molecule has 0 fully saturated rings. The third kappa shape index (κ3) is 65.8. The number of allylic oxidation sites excluding steroid dienone is 1. The molecule has 77 heavy (non-hydrogen) atoms. The topological polar surface area (TPSA) is 9.26 Å². The summed E-state index contributed by atoms with van der Waals surface area (Å²) >= 11 is 0. The highest BCUT2D eigenvalue weighted by atomic mass is 15.4. The van der Waals surface area contributed by atoms with Crippen molar-refractivity contribution < 1.29 is 22.6 Å². The zero-order chi connectivity index (χ0) is 58.5. The van der Waals surface area contributed by atoms with E-state index in [-0.39, 0.29) is 15.8 Å². The van der Waals surface area contributed by atoms with Crippen molar-refractivity contribution in [2.45, 2.75) is 241 Å². The summed E-state index contributed by atoms with van der Waals surface area (Å²) in [6.07, 6.45) is 24.7. The Balaban J connectivity index is -0.000000120. The van der Waals surface area contributed by atoms with Gasteiger partial charge in [0.1, 0.15) is 46.2 Å². The van der Waals surface area contributed by atoms with Crippen LogP contribution in [0.3, 0.4) is 0 Å². The van der Waals surface area contributed by atoms with E-state index in [0.29, 0.717) is 0 Å². The lowest BCUT2D eigenvalue weighted by atomic mass is 10.2. The first-order valence-electron chi connectivity index (χ1n) is 31.9. The van der Waals surface area contributed by atoms with Crippen molar-refractivity contribution in [2.24, 2.45) is 0 Å². The summed E-state index contributed by atoms with van der Waals surface area (Å²) in [6, 6.07) is 21.0. The predicted molar refractivity (Wildman–Crippen MR) is 361 cm³/mol. The van der Waals surface area contributed by atoms with Crippen LogP contribution in [0.4, 0.5) is 0 Å². The Morgan fingerprint density at radius 1 is 0.455 bits per heavy atom. The molecule has 3 radical (unpaired) electrons. The Kier molecular flexibility index (Phi) is 82.1. The van der Waals surface area contributed by atoms with E-state index in [4.69, 9.17) is 0 Å².